The molecule has 1 aromatic carbocycles. The molecule has 0 saturated carbocycles. The molecule has 0 aliphatic carbocycles. The lowest BCUT2D eigenvalue weighted by atomic mass is 10.1. The zero-order valence-electron chi connectivity index (χ0n) is 11.8. The van der Waals surface area contributed by atoms with Crippen LogP contribution in [0.4, 0.5) is 5.82 Å². The molecular formula is C16H17N3O. The Labute approximate surface area is 118 Å². The van der Waals surface area contributed by atoms with Crippen LogP contribution in [-0.2, 0) is 5.54 Å². The maximum absolute atomic E-state index is 9.72. The van der Waals surface area contributed by atoms with Crippen LogP contribution in [0.5, 0.6) is 5.75 Å². The number of hydrogen-bond acceptors (Lipinski definition) is 3. The number of hydrogen-bond donors (Lipinski definition) is 1. The van der Waals surface area contributed by atoms with Crippen LogP contribution in [0.3, 0.4) is 0 Å². The van der Waals surface area contributed by atoms with E-state index in [4.69, 9.17) is 5.26 Å². The molecule has 1 heterocycles. The second-order valence-corrected chi connectivity index (χ2v) is 5.56. The third kappa shape index (κ3) is 2.89. The first kappa shape index (κ1) is 13.9. The molecule has 0 saturated heterocycles. The Morgan fingerprint density at radius 3 is 2.60 bits per heavy atom. The fourth-order valence-corrected chi connectivity index (χ4v) is 1.88. The highest BCUT2D eigenvalue weighted by Gasteiger charge is 2.17. The van der Waals surface area contributed by atoms with E-state index in [1.165, 1.54) is 0 Å². The fraction of sp³-hybridized carbons (Fsp3) is 0.250. The molecule has 0 amide bonds. The van der Waals surface area contributed by atoms with Crippen LogP contribution in [0.15, 0.2) is 41.5 Å². The van der Waals surface area contributed by atoms with Crippen LogP contribution in [0.25, 0.3) is 0 Å². The summed E-state index contributed by atoms with van der Waals surface area (Å²) in [5.41, 5.74) is 1.05. The van der Waals surface area contributed by atoms with Crippen molar-refractivity contribution in [1.29, 1.82) is 5.26 Å². The lowest BCUT2D eigenvalue weighted by Gasteiger charge is -2.22. The van der Waals surface area contributed by atoms with Crippen molar-refractivity contribution in [1.82, 2.24) is 4.57 Å². The van der Waals surface area contributed by atoms with Crippen molar-refractivity contribution in [2.45, 2.75) is 26.3 Å². The first-order valence-corrected chi connectivity index (χ1v) is 6.37. The Kier molecular flexibility index (Phi) is 3.62. The first-order valence-electron chi connectivity index (χ1n) is 6.37. The molecule has 0 unspecified atom stereocenters. The van der Waals surface area contributed by atoms with Crippen LogP contribution in [0, 0.1) is 11.3 Å². The van der Waals surface area contributed by atoms with Crippen molar-refractivity contribution in [3.63, 3.8) is 0 Å². The quantitative estimate of drug-likeness (QED) is 0.845. The molecule has 0 spiro atoms. The number of phenols is 1. The largest absolute Gasteiger partial charge is 0.507 e. The van der Waals surface area contributed by atoms with Gasteiger partial charge in [-0.05, 0) is 32.9 Å². The van der Waals surface area contributed by atoms with Gasteiger partial charge in [0.1, 0.15) is 17.6 Å². The summed E-state index contributed by atoms with van der Waals surface area (Å²) in [5.74, 6) is 0.878. The molecule has 20 heavy (non-hydrogen) atoms. The van der Waals surface area contributed by atoms with Crippen LogP contribution >= 0.6 is 0 Å². The lowest BCUT2D eigenvalue weighted by Crippen LogP contribution is -2.20. The highest BCUT2D eigenvalue weighted by Crippen LogP contribution is 2.26. The van der Waals surface area contributed by atoms with Gasteiger partial charge in [0, 0.05) is 29.6 Å². The van der Waals surface area contributed by atoms with Crippen LogP contribution < -0.4 is 0 Å². The Bertz CT molecular complexity index is 684. The van der Waals surface area contributed by atoms with Crippen molar-refractivity contribution < 1.29 is 5.11 Å². The van der Waals surface area contributed by atoms with Crippen molar-refractivity contribution in [3.8, 4) is 11.8 Å². The monoisotopic (exact) mass is 267 g/mol. The number of benzene rings is 1. The van der Waals surface area contributed by atoms with E-state index < -0.39 is 0 Å². The van der Waals surface area contributed by atoms with Crippen LogP contribution in [0.2, 0.25) is 0 Å². The Morgan fingerprint density at radius 1 is 1.30 bits per heavy atom. The minimum absolute atomic E-state index is 0.166. The van der Waals surface area contributed by atoms with Gasteiger partial charge in [0.25, 0.3) is 0 Å². The number of nitrogens with zero attached hydrogens (tertiary/aromatic N) is 3. The van der Waals surface area contributed by atoms with E-state index in [-0.39, 0.29) is 11.3 Å². The maximum atomic E-state index is 9.72. The van der Waals surface area contributed by atoms with Gasteiger partial charge < -0.3 is 9.67 Å². The number of rotatable bonds is 2. The molecule has 0 atom stereocenters. The van der Waals surface area contributed by atoms with E-state index in [9.17, 15) is 5.11 Å². The first-order chi connectivity index (χ1) is 9.41. The molecule has 1 N–H and O–H groups in total. The number of phenolic OH excluding ortho intramolecular Hbond substituents is 1. The highest BCUT2D eigenvalue weighted by molar-refractivity contribution is 5.85. The topological polar surface area (TPSA) is 61.3 Å². The van der Waals surface area contributed by atoms with E-state index in [1.807, 2.05) is 31.4 Å². The van der Waals surface area contributed by atoms with Gasteiger partial charge in [-0.1, -0.05) is 12.1 Å². The summed E-state index contributed by atoms with van der Waals surface area (Å²) in [5, 5.41) is 18.7. The summed E-state index contributed by atoms with van der Waals surface area (Å²) >= 11 is 0. The molecule has 0 aliphatic rings. The van der Waals surface area contributed by atoms with Gasteiger partial charge in [0.15, 0.2) is 0 Å². The minimum atomic E-state index is -0.166. The Hall–Kier alpha value is -2.54. The van der Waals surface area contributed by atoms with E-state index >= 15 is 0 Å². The molecule has 102 valence electrons. The van der Waals surface area contributed by atoms with Crippen LogP contribution in [0.1, 0.15) is 31.9 Å². The standard InChI is InChI=1S/C16H17N3O/c1-16(2,3)19-11-12(9-17)8-15(19)18-10-13-6-4-5-7-14(13)20/h4-8,10-11,20H,1-3H3/b18-10+. The van der Waals surface area contributed by atoms with Gasteiger partial charge >= 0.3 is 0 Å². The SMILES string of the molecule is CC(C)(C)n1cc(C#N)cc1/N=C/c1ccccc1O. The van der Waals surface area contributed by atoms with Crippen molar-refractivity contribution in [3.05, 3.63) is 47.7 Å². The van der Waals surface area contributed by atoms with E-state index in [0.29, 0.717) is 16.9 Å². The molecule has 0 fully saturated rings. The number of aromatic hydroxyl groups is 1. The number of aromatic nitrogens is 1. The van der Waals surface area contributed by atoms with Gasteiger partial charge in [-0.3, -0.25) is 0 Å². The number of aliphatic imine (C=N–C) groups is 1. The summed E-state index contributed by atoms with van der Waals surface area (Å²) < 4.78 is 1.95. The Balaban J connectivity index is 2.42. The second kappa shape index (κ2) is 5.22. The number of para-hydroxylation sites is 1. The zero-order chi connectivity index (χ0) is 14.8. The lowest BCUT2D eigenvalue weighted by molar-refractivity contribution is 0.402. The summed E-state index contributed by atoms with van der Waals surface area (Å²) in [6, 6.07) is 10.9. The van der Waals surface area contributed by atoms with Gasteiger partial charge in [0.05, 0.1) is 5.56 Å². The molecule has 0 aliphatic heterocycles. The molecule has 0 radical (unpaired) electrons. The van der Waals surface area contributed by atoms with E-state index in [1.54, 1.807) is 36.7 Å². The number of nitriles is 1. The van der Waals surface area contributed by atoms with Crippen molar-refractivity contribution >= 4 is 12.0 Å². The van der Waals surface area contributed by atoms with Crippen LogP contribution in [-0.4, -0.2) is 15.9 Å². The van der Waals surface area contributed by atoms with Gasteiger partial charge in [-0.2, -0.15) is 5.26 Å². The molecule has 2 aromatic rings. The third-order valence-corrected chi connectivity index (χ3v) is 2.92. The average molecular weight is 267 g/mol. The second-order valence-electron chi connectivity index (χ2n) is 5.56. The summed E-state index contributed by atoms with van der Waals surface area (Å²) in [6.07, 6.45) is 3.39. The molecule has 4 nitrogen and oxygen atoms in total. The van der Waals surface area contributed by atoms with Gasteiger partial charge in [-0.25, -0.2) is 4.99 Å². The maximum Gasteiger partial charge on any atom is 0.134 e. The fourth-order valence-electron chi connectivity index (χ4n) is 1.88. The van der Waals surface area contributed by atoms with Gasteiger partial charge in [-0.15, -0.1) is 0 Å². The molecular weight excluding hydrogens is 250 g/mol. The van der Waals surface area contributed by atoms with E-state index in [2.05, 4.69) is 11.1 Å². The normalized spacial score (nSPS) is 11.7. The minimum Gasteiger partial charge on any atom is -0.507 e. The summed E-state index contributed by atoms with van der Waals surface area (Å²) in [4.78, 5) is 4.40. The molecule has 1 aromatic heterocycles. The zero-order valence-corrected chi connectivity index (χ0v) is 11.8. The predicted octanol–water partition coefficient (Wildman–Crippen LogP) is 3.57. The predicted molar refractivity (Wildman–Crippen MR) is 79.5 cm³/mol. The smallest absolute Gasteiger partial charge is 0.134 e. The third-order valence-electron chi connectivity index (χ3n) is 2.92. The summed E-state index contributed by atoms with van der Waals surface area (Å²) in [7, 11) is 0. The van der Waals surface area contributed by atoms with Crippen molar-refractivity contribution in [2.75, 3.05) is 0 Å². The van der Waals surface area contributed by atoms with Crippen molar-refractivity contribution in [2.24, 2.45) is 4.99 Å². The average Bonchev–Trinajstić information content (AvgIpc) is 2.81. The molecule has 0 bridgehead atoms. The Morgan fingerprint density at radius 2 is 2.00 bits per heavy atom. The molecule has 2 rings (SSSR count). The van der Waals surface area contributed by atoms with Gasteiger partial charge in [0.2, 0.25) is 0 Å². The van der Waals surface area contributed by atoms with E-state index in [0.717, 1.165) is 0 Å². The molecule has 4 heteroatoms. The summed E-state index contributed by atoms with van der Waals surface area (Å²) in [6.45, 7) is 6.15. The highest BCUT2D eigenvalue weighted by atomic mass is 16.3.